The molecule has 8 nitrogen and oxygen atoms in total. The smallest absolute Gasteiger partial charge is 0.261 e. The largest absolute Gasteiger partial charge is 0.780 e. The molecule has 0 radical (unpaired) electrons. The van der Waals surface area contributed by atoms with Gasteiger partial charge in [-0.15, -0.1) is 0 Å². The normalized spacial score (nSPS) is 12.6. The number of phosphoric acid groups is 1. The van der Waals surface area contributed by atoms with Gasteiger partial charge in [0.1, 0.15) is 19.1 Å². The lowest BCUT2D eigenvalue weighted by molar-refractivity contribution is -0.333. The van der Waals surface area contributed by atoms with Gasteiger partial charge in [-0.3, -0.25) is 9.59 Å². The van der Waals surface area contributed by atoms with Gasteiger partial charge in [0.15, 0.2) is 0 Å². The molecule has 0 unspecified atom stereocenters. The minimum atomic E-state index is -5.35. The first-order valence-corrected chi connectivity index (χ1v) is 11.9. The fourth-order valence-corrected chi connectivity index (χ4v) is 4.00. The van der Waals surface area contributed by atoms with Crippen LogP contribution in [-0.4, -0.2) is 10.9 Å². The maximum Gasteiger partial charge on any atom is 0.261 e. The van der Waals surface area contributed by atoms with E-state index in [1.807, 2.05) is 41.5 Å². The molecule has 2 aromatic carbocycles. The second-order valence-electron chi connectivity index (χ2n) is 9.96. The Morgan fingerprint density at radius 3 is 2.18 bits per heavy atom. The lowest BCUT2D eigenvalue weighted by Gasteiger charge is -2.34. The Bertz CT molecular complexity index is 1330. The molecule has 0 aliphatic heterocycles. The quantitative estimate of drug-likeness (QED) is 0.560. The predicted molar refractivity (Wildman–Crippen MR) is 125 cm³/mol. The molecule has 0 saturated carbocycles. The van der Waals surface area contributed by atoms with Crippen molar-refractivity contribution in [2.24, 2.45) is 0 Å². The van der Waals surface area contributed by atoms with Crippen molar-refractivity contribution >= 4 is 30.3 Å². The lowest BCUT2D eigenvalue weighted by atomic mass is 9.79. The molecule has 33 heavy (non-hydrogen) atoms. The van der Waals surface area contributed by atoms with Crippen LogP contribution in [0.5, 0.6) is 5.75 Å². The van der Waals surface area contributed by atoms with E-state index in [1.54, 1.807) is 30.3 Å². The number of nitrogens with one attached hydrogen (secondary N) is 2. The summed E-state index contributed by atoms with van der Waals surface area (Å²) in [4.78, 5) is 51.7. The molecule has 1 aromatic heterocycles. The van der Waals surface area contributed by atoms with Gasteiger partial charge < -0.3 is 29.2 Å². The highest BCUT2D eigenvalue weighted by molar-refractivity contribution is 7.43. The Labute approximate surface area is 192 Å². The van der Waals surface area contributed by atoms with Gasteiger partial charge >= 0.3 is 0 Å². The van der Waals surface area contributed by atoms with Crippen molar-refractivity contribution in [3.8, 4) is 5.75 Å². The first-order chi connectivity index (χ1) is 15.1. The summed E-state index contributed by atoms with van der Waals surface area (Å²) < 4.78 is 16.2. The van der Waals surface area contributed by atoms with Crippen LogP contribution < -0.4 is 25.1 Å². The number of pyridine rings is 1. The van der Waals surface area contributed by atoms with Crippen LogP contribution in [-0.2, 0) is 15.4 Å². The summed E-state index contributed by atoms with van der Waals surface area (Å²) in [7, 11) is -5.35. The number of fused-ring (bicyclic) bond motifs is 1. The highest BCUT2D eigenvalue weighted by Gasteiger charge is 2.28. The average Bonchev–Trinajstić information content (AvgIpc) is 2.65. The number of benzene rings is 2. The number of phosphoric ester groups is 1. The van der Waals surface area contributed by atoms with Crippen LogP contribution >= 0.6 is 7.82 Å². The molecule has 3 rings (SSSR count). The Morgan fingerprint density at radius 2 is 1.61 bits per heavy atom. The number of carbonyl (C=O) groups is 1. The van der Waals surface area contributed by atoms with E-state index in [4.69, 9.17) is 4.52 Å². The number of hydrogen-bond donors (Lipinski definition) is 2. The molecule has 2 N–H and O–H groups in total. The van der Waals surface area contributed by atoms with Crippen molar-refractivity contribution in [1.29, 1.82) is 0 Å². The van der Waals surface area contributed by atoms with Gasteiger partial charge in [0.25, 0.3) is 5.91 Å². The highest BCUT2D eigenvalue weighted by atomic mass is 31.2. The van der Waals surface area contributed by atoms with Crippen LogP contribution in [0, 0.1) is 0 Å². The van der Waals surface area contributed by atoms with Crippen LogP contribution in [0.25, 0.3) is 10.9 Å². The van der Waals surface area contributed by atoms with Crippen molar-refractivity contribution in [2.75, 3.05) is 5.32 Å². The van der Waals surface area contributed by atoms with E-state index in [9.17, 15) is 23.9 Å². The summed E-state index contributed by atoms with van der Waals surface area (Å²) in [6.45, 7) is 11.4. The Balaban J connectivity index is 2.16. The number of hydrogen-bond acceptors (Lipinski definition) is 6. The summed E-state index contributed by atoms with van der Waals surface area (Å²) in [5, 5.41) is 3.08. The fraction of sp³-hybridized carbons (Fsp3) is 0.333. The second-order valence-corrected chi connectivity index (χ2v) is 11.0. The number of anilines is 1. The standard InChI is InChI=1S/C24H29N2O6P/c1-23(2,3)16-11-17(24(4,5)6)20(32-33(29,30)31)12-19(16)26-22(28)15-13-25-18-10-8-7-9-14(18)21(15)27/h7-13H,1-6H3,(H,25,27)(H,26,28)(H2,29,30,31)/p-2. The first kappa shape index (κ1) is 24.7. The van der Waals surface area contributed by atoms with Gasteiger partial charge in [-0.1, -0.05) is 53.7 Å². The zero-order chi connectivity index (χ0) is 24.8. The van der Waals surface area contributed by atoms with Gasteiger partial charge in [0, 0.05) is 34.4 Å². The number of aromatic amines is 1. The Hall–Kier alpha value is -2.93. The molecular formula is C24H27N2O6P-2. The summed E-state index contributed by atoms with van der Waals surface area (Å²) in [6, 6.07) is 9.89. The van der Waals surface area contributed by atoms with Crippen molar-refractivity contribution in [2.45, 2.75) is 52.4 Å². The zero-order valence-corrected chi connectivity index (χ0v) is 20.3. The molecule has 0 bridgehead atoms. The number of para-hydroxylation sites is 1. The fourth-order valence-electron chi connectivity index (χ4n) is 3.61. The van der Waals surface area contributed by atoms with Crippen molar-refractivity contribution in [1.82, 2.24) is 4.98 Å². The van der Waals surface area contributed by atoms with E-state index in [-0.39, 0.29) is 17.0 Å². The molecule has 0 atom stereocenters. The molecular weight excluding hydrogens is 443 g/mol. The third-order valence-electron chi connectivity index (χ3n) is 5.23. The van der Waals surface area contributed by atoms with Crippen molar-refractivity contribution < 1.29 is 23.7 Å². The Morgan fingerprint density at radius 1 is 1.00 bits per heavy atom. The van der Waals surface area contributed by atoms with Gasteiger partial charge in [0.2, 0.25) is 5.43 Å². The molecule has 0 saturated heterocycles. The number of amides is 1. The van der Waals surface area contributed by atoms with E-state index in [0.717, 1.165) is 0 Å². The summed E-state index contributed by atoms with van der Waals surface area (Å²) in [6.07, 6.45) is 1.33. The second kappa shape index (κ2) is 8.45. The molecule has 0 spiro atoms. The van der Waals surface area contributed by atoms with Crippen LogP contribution in [0.4, 0.5) is 5.69 Å². The van der Waals surface area contributed by atoms with Crippen LogP contribution in [0.1, 0.15) is 63.0 Å². The third-order valence-corrected chi connectivity index (χ3v) is 5.65. The molecule has 0 fully saturated rings. The number of H-pyrrole nitrogens is 1. The number of rotatable bonds is 4. The van der Waals surface area contributed by atoms with E-state index in [1.165, 1.54) is 12.3 Å². The molecule has 0 aliphatic rings. The Kier molecular flexibility index (Phi) is 6.33. The van der Waals surface area contributed by atoms with Crippen molar-refractivity contribution in [3.05, 3.63) is 69.5 Å². The molecule has 1 amide bonds. The average molecular weight is 470 g/mol. The third kappa shape index (κ3) is 5.53. The molecule has 3 aromatic rings. The summed E-state index contributed by atoms with van der Waals surface area (Å²) >= 11 is 0. The SMILES string of the molecule is CC(C)(C)c1cc(C(C)(C)C)c(OP(=O)([O-])[O-])cc1NC(=O)c1c[nH]c2ccccc2c1=O. The summed E-state index contributed by atoms with van der Waals surface area (Å²) in [5.74, 6) is -0.832. The van der Waals surface area contributed by atoms with Gasteiger partial charge in [-0.25, -0.2) is 0 Å². The van der Waals surface area contributed by atoms with E-state index in [0.29, 0.717) is 22.0 Å². The number of carbonyl (C=O) groups excluding carboxylic acids is 1. The van der Waals surface area contributed by atoms with Gasteiger partial charge in [0.05, 0.1) is 0 Å². The zero-order valence-electron chi connectivity index (χ0n) is 19.4. The molecule has 176 valence electrons. The topological polar surface area (TPSA) is 134 Å². The van der Waals surface area contributed by atoms with Gasteiger partial charge in [-0.05, 0) is 34.6 Å². The lowest BCUT2D eigenvalue weighted by Crippen LogP contribution is -2.26. The van der Waals surface area contributed by atoms with Crippen LogP contribution in [0.15, 0.2) is 47.4 Å². The van der Waals surface area contributed by atoms with Crippen LogP contribution in [0.2, 0.25) is 0 Å². The minimum absolute atomic E-state index is 0.103. The molecule has 9 heteroatoms. The monoisotopic (exact) mass is 470 g/mol. The molecule has 0 aliphatic carbocycles. The van der Waals surface area contributed by atoms with Gasteiger partial charge in [-0.2, -0.15) is 0 Å². The highest BCUT2D eigenvalue weighted by Crippen LogP contribution is 2.43. The van der Waals surface area contributed by atoms with E-state index < -0.39 is 30.0 Å². The maximum atomic E-state index is 13.1. The predicted octanol–water partition coefficient (Wildman–Crippen LogP) is 3.58. The first-order valence-electron chi connectivity index (χ1n) is 10.4. The van der Waals surface area contributed by atoms with E-state index >= 15 is 0 Å². The maximum absolute atomic E-state index is 13.1. The number of aromatic nitrogens is 1. The summed E-state index contributed by atoms with van der Waals surface area (Å²) in [5.41, 5.74) is 0.480. The van der Waals surface area contributed by atoms with E-state index in [2.05, 4.69) is 10.3 Å². The van der Waals surface area contributed by atoms with Crippen LogP contribution in [0.3, 0.4) is 0 Å². The minimum Gasteiger partial charge on any atom is -0.780 e. The van der Waals surface area contributed by atoms with Crippen molar-refractivity contribution in [3.63, 3.8) is 0 Å². The molecule has 1 heterocycles.